The van der Waals surface area contributed by atoms with Crippen molar-refractivity contribution in [2.24, 2.45) is 0 Å². The molecule has 0 atom stereocenters. The number of hydrogen-bond acceptors (Lipinski definition) is 4. The van der Waals surface area contributed by atoms with Gasteiger partial charge in [-0.25, -0.2) is 15.0 Å². The van der Waals surface area contributed by atoms with Gasteiger partial charge in [0, 0.05) is 54.6 Å². The van der Waals surface area contributed by atoms with Gasteiger partial charge in [0.2, 0.25) is 0 Å². The van der Waals surface area contributed by atoms with E-state index in [9.17, 15) is 0 Å². The Labute approximate surface area is 361 Å². The second-order valence-corrected chi connectivity index (χ2v) is 15.9. The van der Waals surface area contributed by atoms with Crippen LogP contribution in [0.4, 0.5) is 0 Å². The number of nitrogens with zero attached hydrogens (tertiary/aromatic N) is 5. The van der Waals surface area contributed by atoms with Crippen LogP contribution in [0, 0.1) is 0 Å². The van der Waals surface area contributed by atoms with Gasteiger partial charge in [0.1, 0.15) is 11.2 Å². The fourth-order valence-electron chi connectivity index (χ4n) is 9.66. The number of hydrogen-bond donors (Lipinski definition) is 0. The Kier molecular flexibility index (Phi) is 7.80. The van der Waals surface area contributed by atoms with Gasteiger partial charge in [-0.2, -0.15) is 0 Å². The summed E-state index contributed by atoms with van der Waals surface area (Å²) in [7, 11) is 0. The van der Waals surface area contributed by atoms with Crippen LogP contribution < -0.4 is 0 Å². The minimum atomic E-state index is 0.562. The van der Waals surface area contributed by atoms with Crippen LogP contribution in [0.1, 0.15) is 0 Å². The van der Waals surface area contributed by atoms with E-state index in [2.05, 4.69) is 173 Å². The number of aromatic nitrogens is 5. The molecular weight excluding hydrogens is 771 g/mol. The molecule has 0 fully saturated rings. The molecule has 6 nitrogen and oxygen atoms in total. The zero-order chi connectivity index (χ0) is 41.4. The first kappa shape index (κ1) is 35.2. The summed E-state index contributed by atoms with van der Waals surface area (Å²) in [6.45, 7) is 0. The van der Waals surface area contributed by atoms with Gasteiger partial charge < -0.3 is 13.6 Å². The lowest BCUT2D eigenvalue weighted by Crippen LogP contribution is -2.06. The van der Waals surface area contributed by atoms with Gasteiger partial charge in [-0.1, -0.05) is 164 Å². The minimum Gasteiger partial charge on any atom is -0.456 e. The second kappa shape index (κ2) is 14.0. The van der Waals surface area contributed by atoms with Crippen LogP contribution in [0.15, 0.2) is 217 Å². The Bertz CT molecular complexity index is 3680. The van der Waals surface area contributed by atoms with Gasteiger partial charge in [0.15, 0.2) is 17.5 Å². The van der Waals surface area contributed by atoms with Crippen molar-refractivity contribution >= 4 is 65.6 Å². The molecule has 0 saturated heterocycles. The van der Waals surface area contributed by atoms with E-state index in [0.717, 1.165) is 83.2 Å². The minimum absolute atomic E-state index is 0.562. The molecule has 0 bridgehead atoms. The molecule has 0 aliphatic rings. The molecule has 6 heteroatoms. The number of fused-ring (bicyclic) bond motifs is 9. The Morgan fingerprint density at radius 1 is 0.317 bits per heavy atom. The van der Waals surface area contributed by atoms with Crippen molar-refractivity contribution < 1.29 is 4.42 Å². The maximum Gasteiger partial charge on any atom is 0.164 e. The quantitative estimate of drug-likeness (QED) is 0.168. The summed E-state index contributed by atoms with van der Waals surface area (Å²) in [5.41, 5.74) is 12.9. The number of rotatable bonds is 6. The normalized spacial score (nSPS) is 11.8. The summed E-state index contributed by atoms with van der Waals surface area (Å²) in [5, 5.41) is 6.73. The van der Waals surface area contributed by atoms with Gasteiger partial charge in [-0.3, -0.25) is 0 Å². The smallest absolute Gasteiger partial charge is 0.164 e. The van der Waals surface area contributed by atoms with Crippen LogP contribution >= 0.6 is 0 Å². The zero-order valence-electron chi connectivity index (χ0n) is 33.9. The Morgan fingerprint density at radius 3 is 1.27 bits per heavy atom. The van der Waals surface area contributed by atoms with Crippen molar-refractivity contribution in [1.82, 2.24) is 24.1 Å². The van der Waals surface area contributed by atoms with Crippen molar-refractivity contribution in [3.8, 4) is 56.7 Å². The summed E-state index contributed by atoms with van der Waals surface area (Å²) >= 11 is 0. The molecule has 0 saturated carbocycles. The number of para-hydroxylation sites is 5. The monoisotopic (exact) mass is 805 g/mol. The first-order valence-electron chi connectivity index (χ1n) is 21.2. The average Bonchev–Trinajstić information content (AvgIpc) is 4.02. The molecule has 0 radical (unpaired) electrons. The summed E-state index contributed by atoms with van der Waals surface area (Å²) in [6.07, 6.45) is 0. The van der Waals surface area contributed by atoms with E-state index in [1.807, 2.05) is 48.5 Å². The van der Waals surface area contributed by atoms with Crippen molar-refractivity contribution in [2.75, 3.05) is 0 Å². The van der Waals surface area contributed by atoms with E-state index in [4.69, 9.17) is 19.4 Å². The molecule has 294 valence electrons. The summed E-state index contributed by atoms with van der Waals surface area (Å²) in [6, 6.07) is 74.6. The Balaban J connectivity index is 1.20. The van der Waals surface area contributed by atoms with E-state index in [1.165, 1.54) is 21.5 Å². The predicted octanol–water partition coefficient (Wildman–Crippen LogP) is 14.6. The molecule has 0 amide bonds. The van der Waals surface area contributed by atoms with Crippen molar-refractivity contribution in [3.05, 3.63) is 212 Å². The van der Waals surface area contributed by atoms with Crippen molar-refractivity contribution in [1.29, 1.82) is 0 Å². The highest BCUT2D eigenvalue weighted by atomic mass is 16.3. The third kappa shape index (κ3) is 5.48. The van der Waals surface area contributed by atoms with Crippen molar-refractivity contribution in [3.63, 3.8) is 0 Å². The molecule has 63 heavy (non-hydrogen) atoms. The maximum absolute atomic E-state index is 6.38. The molecule has 0 aliphatic carbocycles. The first-order chi connectivity index (χ1) is 31.3. The standard InChI is InChI=1S/C57H35N5O/c1-3-18-36(19-4-1)53-49(61-45-28-12-7-22-39(45)40-23-8-13-29-46(40)61)34-38(35-50(53)62-47-30-14-9-24-41(47)42-25-10-15-31-48(42)62)56-58-55(37-20-5-2-6-21-37)59-57(60-56)44-27-17-33-52-54(44)43-26-11-16-32-51(43)63-52/h1-35H. The highest BCUT2D eigenvalue weighted by Gasteiger charge is 2.25. The van der Waals surface area contributed by atoms with Crippen LogP contribution in [0.5, 0.6) is 0 Å². The predicted molar refractivity (Wildman–Crippen MR) is 258 cm³/mol. The van der Waals surface area contributed by atoms with Gasteiger partial charge in [0.25, 0.3) is 0 Å². The van der Waals surface area contributed by atoms with Crippen LogP contribution in [0.2, 0.25) is 0 Å². The molecule has 13 aromatic rings. The largest absolute Gasteiger partial charge is 0.456 e. The third-order valence-corrected chi connectivity index (χ3v) is 12.4. The molecular formula is C57H35N5O. The molecule has 0 aliphatic heterocycles. The van der Waals surface area contributed by atoms with E-state index in [-0.39, 0.29) is 0 Å². The summed E-state index contributed by atoms with van der Waals surface area (Å²) in [5.74, 6) is 1.72. The van der Waals surface area contributed by atoms with Crippen LogP contribution in [-0.2, 0) is 0 Å². The fourth-order valence-corrected chi connectivity index (χ4v) is 9.66. The third-order valence-electron chi connectivity index (χ3n) is 12.4. The van der Waals surface area contributed by atoms with Gasteiger partial charge >= 0.3 is 0 Å². The van der Waals surface area contributed by atoms with Gasteiger partial charge in [0.05, 0.1) is 33.4 Å². The highest BCUT2D eigenvalue weighted by Crippen LogP contribution is 2.44. The molecule has 13 rings (SSSR count). The Morgan fingerprint density at radius 2 is 0.730 bits per heavy atom. The van der Waals surface area contributed by atoms with Crippen LogP contribution in [-0.4, -0.2) is 24.1 Å². The topological polar surface area (TPSA) is 61.7 Å². The lowest BCUT2D eigenvalue weighted by Gasteiger charge is -2.22. The summed E-state index contributed by atoms with van der Waals surface area (Å²) < 4.78 is 11.2. The highest BCUT2D eigenvalue weighted by molar-refractivity contribution is 6.13. The lowest BCUT2D eigenvalue weighted by molar-refractivity contribution is 0.669. The molecule has 0 spiro atoms. The van der Waals surface area contributed by atoms with Gasteiger partial charge in [-0.05, 0) is 54.1 Å². The molecule has 9 aromatic carbocycles. The maximum atomic E-state index is 6.38. The molecule has 4 heterocycles. The van der Waals surface area contributed by atoms with E-state index in [0.29, 0.717) is 17.5 Å². The molecule has 0 N–H and O–H groups in total. The number of benzene rings is 9. The zero-order valence-corrected chi connectivity index (χ0v) is 33.9. The van der Waals surface area contributed by atoms with E-state index in [1.54, 1.807) is 0 Å². The average molecular weight is 806 g/mol. The molecule has 4 aromatic heterocycles. The SMILES string of the molecule is c1ccc(-c2nc(-c3cc(-n4c5ccccc5c5ccccc54)c(-c4ccccc4)c(-n4c5ccccc5c5ccccc54)c3)nc(-c3cccc4oc5ccccc5c34)n2)cc1. The van der Waals surface area contributed by atoms with Crippen molar-refractivity contribution in [2.45, 2.75) is 0 Å². The fraction of sp³-hybridized carbons (Fsp3) is 0. The van der Waals surface area contributed by atoms with Gasteiger partial charge in [-0.15, -0.1) is 0 Å². The second-order valence-electron chi connectivity index (χ2n) is 15.9. The van der Waals surface area contributed by atoms with E-state index < -0.39 is 0 Å². The Hall–Kier alpha value is -8.61. The first-order valence-corrected chi connectivity index (χ1v) is 21.2. The van der Waals surface area contributed by atoms with Crippen LogP contribution in [0.3, 0.4) is 0 Å². The number of furan rings is 1. The van der Waals surface area contributed by atoms with E-state index >= 15 is 0 Å². The molecule has 0 unspecified atom stereocenters. The van der Waals surface area contributed by atoms with Crippen LogP contribution in [0.25, 0.3) is 122 Å². The summed E-state index contributed by atoms with van der Waals surface area (Å²) in [4.78, 5) is 16.0. The lowest BCUT2D eigenvalue weighted by atomic mass is 9.97.